The number of carbonyl (C=O) groups is 1. The molecular weight excluding hydrogens is 292 g/mol. The summed E-state index contributed by atoms with van der Waals surface area (Å²) in [6, 6.07) is 2.10. The Bertz CT molecular complexity index is 501. The zero-order valence-corrected chi connectivity index (χ0v) is 14.6. The summed E-state index contributed by atoms with van der Waals surface area (Å²) < 4.78 is 0. The van der Waals surface area contributed by atoms with Gasteiger partial charge in [0.15, 0.2) is 0 Å². The Hall–Kier alpha value is -1.40. The third-order valence-electron chi connectivity index (χ3n) is 4.32. The van der Waals surface area contributed by atoms with Gasteiger partial charge in [-0.15, -0.1) is 0 Å². The number of rotatable bonds is 7. The molecule has 2 heterocycles. The number of amides is 1. The van der Waals surface area contributed by atoms with Crippen LogP contribution in [-0.2, 0) is 6.42 Å². The first kappa shape index (κ1) is 17.9. The smallest absolute Gasteiger partial charge is 0.274 e. The Morgan fingerprint density at radius 2 is 2.26 bits per heavy atom. The van der Waals surface area contributed by atoms with Crippen LogP contribution in [0.2, 0.25) is 0 Å². The fourth-order valence-corrected chi connectivity index (χ4v) is 3.24. The number of piperazine rings is 1. The molecule has 0 spiro atoms. The quantitative estimate of drug-likeness (QED) is 0.798. The molecule has 1 saturated heterocycles. The monoisotopic (exact) mass is 322 g/mol. The minimum atomic E-state index is -0.00394. The predicted octanol–water partition coefficient (Wildman–Crippen LogP) is 1.53. The molecule has 130 valence electrons. The van der Waals surface area contributed by atoms with E-state index in [1.807, 2.05) is 11.0 Å². The second kappa shape index (κ2) is 8.45. The Kier molecular flexibility index (Phi) is 6.59. The van der Waals surface area contributed by atoms with Crippen LogP contribution in [0.25, 0.3) is 0 Å². The van der Waals surface area contributed by atoms with E-state index in [0.717, 1.165) is 38.2 Å². The second-order valence-corrected chi connectivity index (χ2v) is 6.83. The number of nitrogens with zero attached hydrogens (tertiary/aromatic N) is 3. The number of hydrogen-bond donors (Lipinski definition) is 2. The van der Waals surface area contributed by atoms with E-state index in [0.29, 0.717) is 24.6 Å². The van der Waals surface area contributed by atoms with Crippen LogP contribution >= 0.6 is 0 Å². The third kappa shape index (κ3) is 4.78. The molecule has 1 atom stereocenters. The van der Waals surface area contributed by atoms with Crippen LogP contribution in [0.15, 0.2) is 6.07 Å². The van der Waals surface area contributed by atoms with Crippen LogP contribution in [0, 0.1) is 5.92 Å². The van der Waals surface area contributed by atoms with E-state index in [2.05, 4.69) is 35.9 Å². The highest BCUT2D eigenvalue weighted by Crippen LogP contribution is 2.17. The Morgan fingerprint density at radius 1 is 1.48 bits per heavy atom. The van der Waals surface area contributed by atoms with Crippen LogP contribution in [0.3, 0.4) is 0 Å². The van der Waals surface area contributed by atoms with Crippen molar-refractivity contribution in [3.05, 3.63) is 17.5 Å². The molecule has 1 fully saturated rings. The van der Waals surface area contributed by atoms with Gasteiger partial charge in [-0.3, -0.25) is 14.8 Å². The summed E-state index contributed by atoms with van der Waals surface area (Å²) in [4.78, 5) is 16.9. The van der Waals surface area contributed by atoms with Crippen LogP contribution in [0.5, 0.6) is 0 Å². The molecule has 2 N–H and O–H groups in total. The van der Waals surface area contributed by atoms with Crippen LogP contribution in [-0.4, -0.2) is 69.8 Å². The van der Waals surface area contributed by atoms with E-state index in [9.17, 15) is 9.90 Å². The van der Waals surface area contributed by atoms with Gasteiger partial charge >= 0.3 is 0 Å². The minimum absolute atomic E-state index is 0.00394. The highest BCUT2D eigenvalue weighted by Gasteiger charge is 2.30. The lowest BCUT2D eigenvalue weighted by Gasteiger charge is -2.42. The van der Waals surface area contributed by atoms with Gasteiger partial charge in [0, 0.05) is 44.5 Å². The number of carbonyl (C=O) groups excluding carboxylic acids is 1. The molecule has 6 heteroatoms. The SMILES string of the molecule is CCCc1cc(C(=O)N2CCN(CC(C)C)[C@@H](CCO)C2)n[nH]1. The molecule has 1 aromatic rings. The molecule has 1 amide bonds. The van der Waals surface area contributed by atoms with Crippen molar-refractivity contribution in [2.45, 2.75) is 46.1 Å². The molecule has 1 aromatic heterocycles. The molecule has 1 aliphatic heterocycles. The highest BCUT2D eigenvalue weighted by atomic mass is 16.3. The predicted molar refractivity (Wildman–Crippen MR) is 90.4 cm³/mol. The maximum Gasteiger partial charge on any atom is 0.274 e. The molecule has 0 radical (unpaired) electrons. The maximum atomic E-state index is 12.7. The van der Waals surface area contributed by atoms with Crippen molar-refractivity contribution in [3.63, 3.8) is 0 Å². The van der Waals surface area contributed by atoms with Crippen LogP contribution in [0.1, 0.15) is 49.8 Å². The topological polar surface area (TPSA) is 72.5 Å². The fourth-order valence-electron chi connectivity index (χ4n) is 3.24. The summed E-state index contributed by atoms with van der Waals surface area (Å²) in [6.45, 7) is 9.93. The summed E-state index contributed by atoms with van der Waals surface area (Å²) in [7, 11) is 0. The van der Waals surface area contributed by atoms with E-state index in [4.69, 9.17) is 0 Å². The molecule has 0 unspecified atom stereocenters. The standard InChI is InChI=1S/C17H30N4O2/c1-4-5-14-10-16(19-18-14)17(23)21-8-7-20(11-13(2)3)15(12-21)6-9-22/h10,13,15,22H,4-9,11-12H2,1-3H3,(H,18,19)/t15-/m0/s1. The lowest BCUT2D eigenvalue weighted by molar-refractivity contribution is 0.0380. The fraction of sp³-hybridized carbons (Fsp3) is 0.765. The molecule has 0 aromatic carbocycles. The summed E-state index contributed by atoms with van der Waals surface area (Å²) >= 11 is 0. The lowest BCUT2D eigenvalue weighted by atomic mass is 10.1. The molecular formula is C17H30N4O2. The molecule has 0 aliphatic carbocycles. The van der Waals surface area contributed by atoms with Crippen molar-refractivity contribution >= 4 is 5.91 Å². The molecule has 1 aliphatic rings. The Balaban J connectivity index is 2.01. The Labute approximate surface area is 138 Å². The van der Waals surface area contributed by atoms with E-state index in [-0.39, 0.29) is 18.6 Å². The maximum absolute atomic E-state index is 12.7. The second-order valence-electron chi connectivity index (χ2n) is 6.83. The number of aliphatic hydroxyl groups excluding tert-OH is 1. The Morgan fingerprint density at radius 3 is 2.91 bits per heavy atom. The first-order chi connectivity index (χ1) is 11.0. The van der Waals surface area contributed by atoms with Crippen LogP contribution < -0.4 is 0 Å². The van der Waals surface area contributed by atoms with Gasteiger partial charge in [-0.05, 0) is 24.8 Å². The third-order valence-corrected chi connectivity index (χ3v) is 4.32. The van der Waals surface area contributed by atoms with Crippen molar-refractivity contribution in [1.29, 1.82) is 0 Å². The van der Waals surface area contributed by atoms with Crippen molar-refractivity contribution in [2.75, 3.05) is 32.8 Å². The summed E-state index contributed by atoms with van der Waals surface area (Å²) in [6.07, 6.45) is 2.65. The largest absolute Gasteiger partial charge is 0.396 e. The zero-order valence-electron chi connectivity index (χ0n) is 14.6. The van der Waals surface area contributed by atoms with Crippen molar-refractivity contribution < 1.29 is 9.90 Å². The van der Waals surface area contributed by atoms with Gasteiger partial charge in [0.25, 0.3) is 5.91 Å². The zero-order chi connectivity index (χ0) is 16.8. The summed E-state index contributed by atoms with van der Waals surface area (Å²) in [5, 5.41) is 16.4. The first-order valence-electron chi connectivity index (χ1n) is 8.73. The average molecular weight is 322 g/mol. The van der Waals surface area contributed by atoms with Gasteiger partial charge in [0.05, 0.1) is 0 Å². The number of aryl methyl sites for hydroxylation is 1. The number of H-pyrrole nitrogens is 1. The molecule has 23 heavy (non-hydrogen) atoms. The van der Waals surface area contributed by atoms with Crippen molar-refractivity contribution in [3.8, 4) is 0 Å². The summed E-state index contributed by atoms with van der Waals surface area (Å²) in [5.41, 5.74) is 1.52. The van der Waals surface area contributed by atoms with Gasteiger partial charge in [0.1, 0.15) is 5.69 Å². The molecule has 2 rings (SSSR count). The van der Waals surface area contributed by atoms with E-state index in [1.165, 1.54) is 0 Å². The molecule has 6 nitrogen and oxygen atoms in total. The number of nitrogens with one attached hydrogen (secondary N) is 1. The van der Waals surface area contributed by atoms with Gasteiger partial charge in [-0.2, -0.15) is 5.10 Å². The molecule has 0 bridgehead atoms. The highest BCUT2D eigenvalue weighted by molar-refractivity contribution is 5.92. The van der Waals surface area contributed by atoms with Gasteiger partial charge < -0.3 is 10.0 Å². The van der Waals surface area contributed by atoms with Gasteiger partial charge in [0.2, 0.25) is 0 Å². The average Bonchev–Trinajstić information content (AvgIpc) is 2.97. The molecule has 0 saturated carbocycles. The number of hydrogen-bond acceptors (Lipinski definition) is 4. The van der Waals surface area contributed by atoms with Crippen molar-refractivity contribution in [1.82, 2.24) is 20.0 Å². The summed E-state index contributed by atoms with van der Waals surface area (Å²) in [5.74, 6) is 0.581. The first-order valence-corrected chi connectivity index (χ1v) is 8.73. The van der Waals surface area contributed by atoms with Gasteiger partial charge in [-0.25, -0.2) is 0 Å². The minimum Gasteiger partial charge on any atom is -0.396 e. The van der Waals surface area contributed by atoms with E-state index < -0.39 is 0 Å². The van der Waals surface area contributed by atoms with E-state index in [1.54, 1.807) is 0 Å². The lowest BCUT2D eigenvalue weighted by Crippen LogP contribution is -2.55. The van der Waals surface area contributed by atoms with Gasteiger partial charge in [-0.1, -0.05) is 27.2 Å². The number of aromatic nitrogens is 2. The normalized spacial score (nSPS) is 19.5. The van der Waals surface area contributed by atoms with Crippen LogP contribution in [0.4, 0.5) is 0 Å². The van der Waals surface area contributed by atoms with Crippen molar-refractivity contribution in [2.24, 2.45) is 5.92 Å². The van der Waals surface area contributed by atoms with E-state index >= 15 is 0 Å². The number of aliphatic hydroxyl groups is 1. The number of aromatic amines is 1.